The summed E-state index contributed by atoms with van der Waals surface area (Å²) in [7, 11) is 0. The van der Waals surface area contributed by atoms with E-state index in [0.29, 0.717) is 78.7 Å². The molecule has 128 heavy (non-hydrogen) atoms. The van der Waals surface area contributed by atoms with Crippen molar-refractivity contribution in [2.24, 2.45) is 11.5 Å². The second-order valence-corrected chi connectivity index (χ2v) is 39.5. The molecule has 30 heteroatoms. The first-order valence-corrected chi connectivity index (χ1v) is 45.7. The van der Waals surface area contributed by atoms with Gasteiger partial charge in [0.25, 0.3) is 0 Å². The number of hydrogen-bond donors (Lipinski definition) is 16. The van der Waals surface area contributed by atoms with E-state index in [2.05, 4.69) is 115 Å². The van der Waals surface area contributed by atoms with Gasteiger partial charge >= 0.3 is 24.1 Å². The van der Waals surface area contributed by atoms with Crippen LogP contribution < -0.4 is 54.0 Å². The Bertz CT molecular complexity index is 4470. The Balaban J connectivity index is 0.000000132. The van der Waals surface area contributed by atoms with Crippen molar-refractivity contribution >= 4 is 58.2 Å². The number of aryl methyl sites for hydroxylation is 2. The van der Waals surface area contributed by atoms with Gasteiger partial charge in [0.05, 0.1) is 149 Å². The summed E-state index contributed by atoms with van der Waals surface area (Å²) in [6.45, 7) is 26.8. The maximum absolute atomic E-state index is 11.8. The number of rotatable bonds is 16. The lowest BCUT2D eigenvalue weighted by molar-refractivity contribution is -0.156. The lowest BCUT2D eigenvalue weighted by atomic mass is 9.88. The Labute approximate surface area is 752 Å². The van der Waals surface area contributed by atoms with Gasteiger partial charge in [-0.2, -0.15) is 0 Å². The highest BCUT2D eigenvalue weighted by atomic mass is 16.6. The molecule has 0 saturated carbocycles. The molecule has 0 unspecified atom stereocenters. The van der Waals surface area contributed by atoms with Crippen molar-refractivity contribution in [3.63, 3.8) is 0 Å². The highest BCUT2D eigenvalue weighted by molar-refractivity contribution is 5.71. The van der Waals surface area contributed by atoms with Crippen molar-refractivity contribution in [1.29, 1.82) is 0 Å². The number of aliphatic hydroxyl groups excluding tert-OH is 6. The van der Waals surface area contributed by atoms with Gasteiger partial charge in [0.1, 0.15) is 22.4 Å². The van der Waals surface area contributed by atoms with Gasteiger partial charge in [-0.1, -0.05) is 60.7 Å². The third kappa shape index (κ3) is 26.7. The van der Waals surface area contributed by atoms with Crippen molar-refractivity contribution in [1.82, 2.24) is 10.6 Å². The molecular weight excluding hydrogens is 1640 g/mol. The summed E-state index contributed by atoms with van der Waals surface area (Å²) >= 11 is 0. The first-order valence-electron chi connectivity index (χ1n) is 45.7. The first-order chi connectivity index (χ1) is 60.8. The molecular formula is C98H138N10O20. The third-order valence-electron chi connectivity index (χ3n) is 24.3. The molecule has 6 aromatic carbocycles. The van der Waals surface area contributed by atoms with Gasteiger partial charge in [0, 0.05) is 132 Å². The standard InChI is InChI=1S/2C19H27NO4.2C17H24N2O4.2C13H18N2O2/c2*1-19(2,3)24-18(22)6-4-5-12-7-8-14-13(9-12)17-10-15(20-14)16(21)11-23-17;2*1-17(2,3)23-16(21)18-8-10-4-5-12-11(6-10)15-7-13(19-12)14(20)9-22-15;2*14-4-3-8-1-2-10-9(5-8)13-6-11(15-10)12(16)7-17-13/h2*7-9,15-17,20-21H,4-6,10-11H2,1-3H3;2*4-6,13-15,19-20H,7-9H2,1-3H3,(H,18,21);2*1-2,5,11-13,15-16H,3-4,6-7,14H2/t15-,16+,17-;15-,16-,17-;13-,14+,15-;13-,14-,15-;11-,12+,13-;11-,12-,13-/m010101/s1. The van der Waals surface area contributed by atoms with Crippen LogP contribution in [-0.2, 0) is 95.7 Å². The van der Waals surface area contributed by atoms with Crippen LogP contribution in [0.3, 0.4) is 0 Å². The zero-order chi connectivity index (χ0) is 91.5. The molecule has 18 atom stereocenters. The average molecular weight is 1780 g/mol. The minimum atomic E-state index is -0.504. The minimum absolute atomic E-state index is 0.00104. The van der Waals surface area contributed by atoms with E-state index < -0.39 is 71.2 Å². The summed E-state index contributed by atoms with van der Waals surface area (Å²) in [6.07, 6.45) is 7.59. The molecule has 30 nitrogen and oxygen atoms in total. The second kappa shape index (κ2) is 42.5. The van der Waals surface area contributed by atoms with E-state index in [4.69, 9.17) is 58.8 Å². The van der Waals surface area contributed by atoms with E-state index in [1.54, 1.807) is 0 Å². The predicted octanol–water partition coefficient (Wildman–Crippen LogP) is 12.2. The predicted molar refractivity (Wildman–Crippen MR) is 488 cm³/mol. The number of alkyl carbamates (subject to hydrolysis) is 2. The van der Waals surface area contributed by atoms with Crippen LogP contribution in [0.5, 0.6) is 0 Å². The van der Waals surface area contributed by atoms with Crippen LogP contribution in [0.15, 0.2) is 109 Å². The Kier molecular flexibility index (Phi) is 32.1. The quantitative estimate of drug-likeness (QED) is 0.0316. The van der Waals surface area contributed by atoms with Crippen molar-refractivity contribution in [3.05, 3.63) is 176 Å². The summed E-state index contributed by atoms with van der Waals surface area (Å²) < 4.78 is 55.6. The molecule has 12 heterocycles. The van der Waals surface area contributed by atoms with E-state index in [1.807, 2.05) is 119 Å². The fraction of sp³-hybridized carbons (Fsp3) is 0.592. The number of nitrogens with two attached hydrogens (primary N) is 2. The van der Waals surface area contributed by atoms with E-state index in [0.717, 1.165) is 145 Å². The number of anilines is 6. The fourth-order valence-electron chi connectivity index (χ4n) is 18.0. The van der Waals surface area contributed by atoms with Gasteiger partial charge in [0.15, 0.2) is 0 Å². The zero-order valence-electron chi connectivity index (χ0n) is 76.3. The number of carbonyl (C=O) groups excluding carboxylic acids is 4. The molecule has 2 amide bonds. The first kappa shape index (κ1) is 96.6. The monoisotopic (exact) mass is 1780 g/mol. The molecule has 6 aromatic rings. The summed E-state index contributed by atoms with van der Waals surface area (Å²) in [4.78, 5) is 47.0. The molecule has 0 spiro atoms. The largest absolute Gasteiger partial charge is 0.460 e. The Morgan fingerprint density at radius 2 is 0.523 bits per heavy atom. The van der Waals surface area contributed by atoms with E-state index >= 15 is 0 Å². The van der Waals surface area contributed by atoms with E-state index in [9.17, 15) is 49.8 Å². The molecule has 0 aromatic heterocycles. The fourth-order valence-corrected chi connectivity index (χ4v) is 18.0. The van der Waals surface area contributed by atoms with Crippen LogP contribution in [-0.4, -0.2) is 203 Å². The highest BCUT2D eigenvalue weighted by Gasteiger charge is 2.43. The second-order valence-electron chi connectivity index (χ2n) is 39.5. The van der Waals surface area contributed by atoms with Crippen LogP contribution in [0.1, 0.15) is 251 Å². The summed E-state index contributed by atoms with van der Waals surface area (Å²) in [6, 6.07) is 37.7. The highest BCUT2D eigenvalue weighted by Crippen LogP contribution is 2.46. The Morgan fingerprint density at radius 3 is 0.734 bits per heavy atom. The van der Waals surface area contributed by atoms with Crippen molar-refractivity contribution in [2.45, 2.75) is 318 Å². The van der Waals surface area contributed by atoms with Crippen LogP contribution in [0.25, 0.3) is 0 Å². The number of amides is 2. The Morgan fingerprint density at radius 1 is 0.320 bits per heavy atom. The number of ether oxygens (including phenoxy) is 10. The van der Waals surface area contributed by atoms with Gasteiger partial charge in [0.2, 0.25) is 0 Å². The van der Waals surface area contributed by atoms with Gasteiger partial charge in [-0.3, -0.25) is 9.59 Å². The summed E-state index contributed by atoms with van der Waals surface area (Å²) in [5, 5.41) is 85.0. The number of esters is 2. The Hall–Kier alpha value is -8.96. The lowest BCUT2D eigenvalue weighted by Crippen LogP contribution is -2.46. The third-order valence-corrected chi connectivity index (χ3v) is 24.3. The van der Waals surface area contributed by atoms with Crippen molar-refractivity contribution in [2.75, 3.05) is 84.6 Å². The number of aliphatic hydroxyl groups is 6. The average Bonchev–Trinajstić information content (AvgIpc) is 0.800. The van der Waals surface area contributed by atoms with Gasteiger partial charge in [-0.05, 0) is 217 Å². The molecule has 0 radical (unpaired) electrons. The number of nitrogens with one attached hydrogen (secondary N) is 8. The van der Waals surface area contributed by atoms with Crippen molar-refractivity contribution < 1.29 is 97.2 Å². The van der Waals surface area contributed by atoms with E-state index in [1.165, 1.54) is 33.4 Å². The molecule has 12 bridgehead atoms. The molecule has 6 fully saturated rings. The lowest BCUT2D eigenvalue weighted by Gasteiger charge is -2.40. The number of hydrogen-bond acceptors (Lipinski definition) is 28. The molecule has 12 aliphatic heterocycles. The molecule has 12 aliphatic rings. The molecule has 700 valence electrons. The number of carbonyl (C=O) groups is 4. The van der Waals surface area contributed by atoms with Crippen LogP contribution in [0, 0.1) is 0 Å². The molecule has 18 N–H and O–H groups in total. The zero-order valence-corrected chi connectivity index (χ0v) is 76.3. The summed E-state index contributed by atoms with van der Waals surface area (Å²) in [5.74, 6) is -0.288. The summed E-state index contributed by atoms with van der Waals surface area (Å²) in [5.41, 5.74) is 29.3. The van der Waals surface area contributed by atoms with Crippen LogP contribution in [0.2, 0.25) is 0 Å². The van der Waals surface area contributed by atoms with Crippen molar-refractivity contribution in [3.8, 4) is 0 Å². The normalized spacial score (nSPS) is 27.1. The minimum Gasteiger partial charge on any atom is -0.460 e. The molecule has 18 rings (SSSR count). The van der Waals surface area contributed by atoms with Crippen LogP contribution in [0.4, 0.5) is 43.7 Å². The van der Waals surface area contributed by atoms with E-state index in [-0.39, 0.29) is 84.8 Å². The topological polar surface area (TPSA) is 430 Å². The number of benzene rings is 6. The smallest absolute Gasteiger partial charge is 0.407 e. The number of fused-ring (bicyclic) bond motifs is 24. The van der Waals surface area contributed by atoms with Gasteiger partial charge < -0.3 is 132 Å². The SMILES string of the molecule is CC(C)(C)OC(=O)CCCc1ccc2c(c1)[C@@H]1C[C@H](N2)[C@H](O)CO1.CC(C)(C)OC(=O)CCCc1ccc2c(c1)[C@H]1C[C@@H](N2)[C@H](O)CO1.CC(C)(C)OC(=O)NCc1ccc2c(c1)[C@@H]1C[C@H](N2)[C@H](O)CO1.CC(C)(C)OC(=O)NCc1ccc2c(c1)[C@H]1C[C@@H](N2)[C@H](O)CO1.NCCc1ccc2c(c1)[C@@H]1C[C@H](N2)[C@H](O)CO1.NCCc1ccc2c(c1)[C@H]1C[C@@H](N2)[C@H](O)CO1. The molecule has 6 saturated heterocycles. The van der Waals surface area contributed by atoms with Gasteiger partial charge in [-0.25, -0.2) is 9.59 Å². The maximum atomic E-state index is 11.8. The maximum Gasteiger partial charge on any atom is 0.407 e. The molecule has 0 aliphatic carbocycles. The van der Waals surface area contributed by atoms with Crippen LogP contribution >= 0.6 is 0 Å². The van der Waals surface area contributed by atoms with Gasteiger partial charge in [-0.15, -0.1) is 0 Å².